The summed E-state index contributed by atoms with van der Waals surface area (Å²) in [6.45, 7) is 8.20. The van der Waals surface area contributed by atoms with Crippen LogP contribution in [-0.4, -0.2) is 27.7 Å². The molecule has 6 nitrogen and oxygen atoms in total. The maximum absolute atomic E-state index is 12.8. The highest BCUT2D eigenvalue weighted by Crippen LogP contribution is 2.39. The molecule has 1 atom stereocenters. The molecule has 1 saturated carbocycles. The Morgan fingerprint density at radius 2 is 2.13 bits per heavy atom. The highest BCUT2D eigenvalue weighted by Gasteiger charge is 2.42. The van der Waals surface area contributed by atoms with Crippen LogP contribution in [0.25, 0.3) is 5.82 Å². The molecule has 124 valence electrons. The first-order chi connectivity index (χ1) is 10.9. The van der Waals surface area contributed by atoms with Gasteiger partial charge in [-0.3, -0.25) is 9.36 Å². The van der Waals surface area contributed by atoms with Crippen molar-refractivity contribution < 1.29 is 9.32 Å². The van der Waals surface area contributed by atoms with Crippen molar-refractivity contribution in [3.63, 3.8) is 0 Å². The molecule has 23 heavy (non-hydrogen) atoms. The SMILES string of the molecule is Cc1cc(-n2c(C)cc(C(=O)NC(C)(CN)C3CC3)c2C)no1. The van der Waals surface area contributed by atoms with Gasteiger partial charge < -0.3 is 15.6 Å². The summed E-state index contributed by atoms with van der Waals surface area (Å²) >= 11 is 0. The zero-order valence-electron chi connectivity index (χ0n) is 14.1. The standard InChI is InChI=1S/C17H24N4O2/c1-10-7-14(12(3)21(10)15-8-11(2)23-20-15)16(22)19-17(4,9-18)13-5-6-13/h7-8,13H,5-6,9,18H2,1-4H3,(H,19,22). The number of rotatable bonds is 5. The number of aromatic nitrogens is 2. The van der Waals surface area contributed by atoms with E-state index in [4.69, 9.17) is 10.3 Å². The third-order valence-corrected chi connectivity index (χ3v) is 4.82. The smallest absolute Gasteiger partial charge is 0.253 e. The van der Waals surface area contributed by atoms with Gasteiger partial charge in [0.1, 0.15) is 5.76 Å². The second-order valence-corrected chi connectivity index (χ2v) is 6.77. The van der Waals surface area contributed by atoms with Crippen molar-refractivity contribution in [2.24, 2.45) is 11.7 Å². The summed E-state index contributed by atoms with van der Waals surface area (Å²) in [7, 11) is 0. The first-order valence-electron chi connectivity index (χ1n) is 8.01. The summed E-state index contributed by atoms with van der Waals surface area (Å²) in [6.07, 6.45) is 2.26. The van der Waals surface area contributed by atoms with E-state index in [1.165, 1.54) is 0 Å². The number of nitrogens with zero attached hydrogens (tertiary/aromatic N) is 2. The number of aryl methyl sites for hydroxylation is 2. The normalized spacial score (nSPS) is 17.1. The lowest BCUT2D eigenvalue weighted by molar-refractivity contribution is 0.0897. The minimum absolute atomic E-state index is 0.0792. The summed E-state index contributed by atoms with van der Waals surface area (Å²) in [5.74, 6) is 1.84. The lowest BCUT2D eigenvalue weighted by Crippen LogP contribution is -2.53. The molecule has 2 heterocycles. The van der Waals surface area contributed by atoms with E-state index in [0.29, 0.717) is 23.8 Å². The predicted octanol–water partition coefficient (Wildman–Crippen LogP) is 2.25. The van der Waals surface area contributed by atoms with Gasteiger partial charge in [0, 0.05) is 24.0 Å². The molecule has 0 bridgehead atoms. The Morgan fingerprint density at radius 3 is 2.65 bits per heavy atom. The van der Waals surface area contributed by atoms with Gasteiger partial charge in [-0.05, 0) is 52.5 Å². The van der Waals surface area contributed by atoms with Crippen LogP contribution >= 0.6 is 0 Å². The van der Waals surface area contributed by atoms with Crippen molar-refractivity contribution in [1.29, 1.82) is 0 Å². The van der Waals surface area contributed by atoms with E-state index in [-0.39, 0.29) is 11.4 Å². The largest absolute Gasteiger partial charge is 0.360 e. The summed E-state index contributed by atoms with van der Waals surface area (Å²) in [5, 5.41) is 7.18. The molecule has 1 amide bonds. The summed E-state index contributed by atoms with van der Waals surface area (Å²) < 4.78 is 7.08. The van der Waals surface area contributed by atoms with Crippen LogP contribution in [0.2, 0.25) is 0 Å². The highest BCUT2D eigenvalue weighted by molar-refractivity contribution is 5.96. The minimum Gasteiger partial charge on any atom is -0.360 e. The van der Waals surface area contributed by atoms with E-state index >= 15 is 0 Å². The van der Waals surface area contributed by atoms with Crippen LogP contribution in [0.1, 0.15) is 47.3 Å². The molecule has 3 N–H and O–H groups in total. The summed E-state index contributed by atoms with van der Waals surface area (Å²) in [6, 6.07) is 3.74. The molecule has 1 aliphatic rings. The van der Waals surface area contributed by atoms with Gasteiger partial charge >= 0.3 is 0 Å². The van der Waals surface area contributed by atoms with E-state index in [0.717, 1.165) is 30.0 Å². The Morgan fingerprint density at radius 1 is 1.43 bits per heavy atom. The first-order valence-corrected chi connectivity index (χ1v) is 8.01. The van der Waals surface area contributed by atoms with E-state index in [1.54, 1.807) is 0 Å². The minimum atomic E-state index is -0.329. The van der Waals surface area contributed by atoms with Gasteiger partial charge in [-0.15, -0.1) is 0 Å². The molecule has 0 saturated heterocycles. The number of nitrogens with one attached hydrogen (secondary N) is 1. The Balaban J connectivity index is 1.90. The van der Waals surface area contributed by atoms with Gasteiger partial charge in [-0.1, -0.05) is 5.16 Å². The van der Waals surface area contributed by atoms with E-state index in [2.05, 4.69) is 10.5 Å². The fourth-order valence-electron chi connectivity index (χ4n) is 3.17. The van der Waals surface area contributed by atoms with Crippen molar-refractivity contribution >= 4 is 5.91 Å². The third kappa shape index (κ3) is 2.79. The van der Waals surface area contributed by atoms with Gasteiger partial charge in [0.05, 0.1) is 11.1 Å². The maximum Gasteiger partial charge on any atom is 0.253 e. The van der Waals surface area contributed by atoms with Crippen molar-refractivity contribution in [2.45, 2.75) is 46.1 Å². The Hall–Kier alpha value is -2.08. The molecule has 0 spiro atoms. The Kier molecular flexibility index (Phi) is 3.80. The molecule has 2 aromatic heterocycles. The highest BCUT2D eigenvalue weighted by atomic mass is 16.5. The van der Waals surface area contributed by atoms with Crippen molar-refractivity contribution in [1.82, 2.24) is 15.0 Å². The molecular weight excluding hydrogens is 292 g/mol. The van der Waals surface area contributed by atoms with Gasteiger partial charge in [0.15, 0.2) is 5.82 Å². The number of nitrogens with two attached hydrogens (primary N) is 1. The fourth-order valence-corrected chi connectivity index (χ4v) is 3.17. The number of amides is 1. The molecular formula is C17H24N4O2. The number of hydrogen-bond donors (Lipinski definition) is 2. The molecule has 1 fully saturated rings. The van der Waals surface area contributed by atoms with Crippen LogP contribution in [0.15, 0.2) is 16.7 Å². The maximum atomic E-state index is 12.8. The quantitative estimate of drug-likeness (QED) is 0.886. The molecule has 6 heteroatoms. The third-order valence-electron chi connectivity index (χ3n) is 4.82. The lowest BCUT2D eigenvalue weighted by Gasteiger charge is -2.29. The van der Waals surface area contributed by atoms with Gasteiger partial charge in [-0.2, -0.15) is 0 Å². The molecule has 1 unspecified atom stereocenters. The second kappa shape index (κ2) is 5.53. The van der Waals surface area contributed by atoms with Crippen molar-refractivity contribution in [3.8, 4) is 5.82 Å². The van der Waals surface area contributed by atoms with Crippen LogP contribution in [-0.2, 0) is 0 Å². The predicted molar refractivity (Wildman–Crippen MR) is 87.7 cm³/mol. The van der Waals surface area contributed by atoms with Gasteiger partial charge in [0.2, 0.25) is 0 Å². The van der Waals surface area contributed by atoms with Crippen LogP contribution in [0.5, 0.6) is 0 Å². The van der Waals surface area contributed by atoms with E-state index in [1.807, 2.05) is 44.4 Å². The zero-order chi connectivity index (χ0) is 16.8. The van der Waals surface area contributed by atoms with Crippen molar-refractivity contribution in [2.75, 3.05) is 6.54 Å². The molecule has 0 aliphatic heterocycles. The van der Waals surface area contributed by atoms with E-state index < -0.39 is 0 Å². The second-order valence-electron chi connectivity index (χ2n) is 6.77. The van der Waals surface area contributed by atoms with Gasteiger partial charge in [-0.25, -0.2) is 0 Å². The lowest BCUT2D eigenvalue weighted by atomic mass is 9.95. The monoisotopic (exact) mass is 316 g/mol. The van der Waals surface area contributed by atoms with Crippen LogP contribution in [0.3, 0.4) is 0 Å². The molecule has 0 radical (unpaired) electrons. The van der Waals surface area contributed by atoms with Crippen LogP contribution < -0.4 is 11.1 Å². The Labute approximate surface area is 136 Å². The van der Waals surface area contributed by atoms with Crippen LogP contribution in [0.4, 0.5) is 0 Å². The van der Waals surface area contributed by atoms with Crippen molar-refractivity contribution in [3.05, 3.63) is 34.8 Å². The average molecular weight is 316 g/mol. The molecule has 3 rings (SSSR count). The fraction of sp³-hybridized carbons (Fsp3) is 0.529. The van der Waals surface area contributed by atoms with Gasteiger partial charge in [0.25, 0.3) is 5.91 Å². The van der Waals surface area contributed by atoms with E-state index in [9.17, 15) is 4.79 Å². The first kappa shape index (κ1) is 15.8. The zero-order valence-corrected chi connectivity index (χ0v) is 14.1. The Bertz CT molecular complexity index is 742. The number of carbonyl (C=O) groups excluding carboxylic acids is 1. The summed E-state index contributed by atoms with van der Waals surface area (Å²) in [4.78, 5) is 12.8. The average Bonchev–Trinajstić information content (AvgIpc) is 3.22. The topological polar surface area (TPSA) is 86.1 Å². The summed E-state index contributed by atoms with van der Waals surface area (Å²) in [5.41, 5.74) is 8.02. The number of hydrogen-bond acceptors (Lipinski definition) is 4. The molecule has 1 aliphatic carbocycles. The molecule has 0 aromatic carbocycles. The molecule has 2 aromatic rings. The van der Waals surface area contributed by atoms with Crippen LogP contribution in [0, 0.1) is 26.7 Å². The number of carbonyl (C=O) groups is 1.